The van der Waals surface area contributed by atoms with E-state index < -0.39 is 0 Å². The van der Waals surface area contributed by atoms with Crippen molar-refractivity contribution in [3.8, 4) is 0 Å². The number of aromatic nitrogens is 2. The second kappa shape index (κ2) is 8.42. The maximum atomic E-state index is 12.5. The zero-order chi connectivity index (χ0) is 16.8. The van der Waals surface area contributed by atoms with Crippen LogP contribution in [0.15, 0.2) is 18.5 Å². The van der Waals surface area contributed by atoms with Crippen LogP contribution in [-0.4, -0.2) is 60.0 Å². The minimum Gasteiger partial charge on any atom is -0.355 e. The van der Waals surface area contributed by atoms with E-state index in [1.165, 1.54) is 25.9 Å². The first-order valence-electron chi connectivity index (χ1n) is 9.24. The molecule has 1 amide bonds. The van der Waals surface area contributed by atoms with Crippen LogP contribution in [0.25, 0.3) is 0 Å². The molecule has 6 heteroatoms. The molecular weight excluding hydrogens is 302 g/mol. The molecule has 2 atom stereocenters. The van der Waals surface area contributed by atoms with Crippen molar-refractivity contribution < 1.29 is 4.79 Å². The van der Waals surface area contributed by atoms with Crippen molar-refractivity contribution in [1.82, 2.24) is 20.2 Å². The van der Waals surface area contributed by atoms with Gasteiger partial charge in [-0.3, -0.25) is 4.79 Å². The molecule has 0 spiro atoms. The number of carbonyl (C=O) groups excluding carboxylic acids is 1. The third-order valence-corrected chi connectivity index (χ3v) is 5.02. The maximum absolute atomic E-state index is 12.5. The van der Waals surface area contributed by atoms with Gasteiger partial charge in [-0.2, -0.15) is 0 Å². The Kier molecular flexibility index (Phi) is 6.01. The van der Waals surface area contributed by atoms with Crippen molar-refractivity contribution in [2.24, 2.45) is 11.8 Å². The van der Waals surface area contributed by atoms with Crippen LogP contribution in [-0.2, 0) is 4.79 Å². The van der Waals surface area contributed by atoms with Gasteiger partial charge in [-0.15, -0.1) is 0 Å². The van der Waals surface area contributed by atoms with Crippen molar-refractivity contribution in [3.05, 3.63) is 18.5 Å². The van der Waals surface area contributed by atoms with E-state index in [1.807, 2.05) is 6.07 Å². The third kappa shape index (κ3) is 4.66. The number of nitrogens with zero attached hydrogens (tertiary/aromatic N) is 4. The van der Waals surface area contributed by atoms with Crippen LogP contribution in [0.4, 0.5) is 5.95 Å². The first-order chi connectivity index (χ1) is 11.7. The quantitative estimate of drug-likeness (QED) is 0.857. The fourth-order valence-electron chi connectivity index (χ4n) is 3.72. The lowest BCUT2D eigenvalue weighted by atomic mass is 9.97. The lowest BCUT2D eigenvalue weighted by molar-refractivity contribution is -0.125. The number of amides is 1. The van der Waals surface area contributed by atoms with Gasteiger partial charge in [0.15, 0.2) is 0 Å². The molecule has 2 fully saturated rings. The fraction of sp³-hybridized carbons (Fsp3) is 0.722. The van der Waals surface area contributed by atoms with Crippen molar-refractivity contribution in [2.45, 2.75) is 32.6 Å². The maximum Gasteiger partial charge on any atom is 0.225 e. The highest BCUT2D eigenvalue weighted by atomic mass is 16.1. The van der Waals surface area contributed by atoms with E-state index in [9.17, 15) is 4.79 Å². The minimum absolute atomic E-state index is 0.0431. The van der Waals surface area contributed by atoms with Gasteiger partial charge >= 0.3 is 0 Å². The van der Waals surface area contributed by atoms with Gasteiger partial charge in [-0.1, -0.05) is 6.92 Å². The molecule has 132 valence electrons. The van der Waals surface area contributed by atoms with Crippen molar-refractivity contribution in [1.29, 1.82) is 0 Å². The van der Waals surface area contributed by atoms with E-state index in [-0.39, 0.29) is 11.8 Å². The number of carbonyl (C=O) groups is 1. The van der Waals surface area contributed by atoms with Gasteiger partial charge < -0.3 is 15.1 Å². The highest BCUT2D eigenvalue weighted by molar-refractivity contribution is 5.79. The molecule has 0 aliphatic carbocycles. The molecule has 1 aromatic rings. The van der Waals surface area contributed by atoms with Crippen LogP contribution < -0.4 is 10.2 Å². The first-order valence-corrected chi connectivity index (χ1v) is 9.24. The molecule has 1 N–H and O–H groups in total. The summed E-state index contributed by atoms with van der Waals surface area (Å²) in [5, 5.41) is 3.17. The predicted octanol–water partition coefficient (Wildman–Crippen LogP) is 1.54. The highest BCUT2D eigenvalue weighted by Gasteiger charge is 2.27. The number of hydrogen-bond acceptors (Lipinski definition) is 5. The minimum atomic E-state index is 0.0431. The molecule has 0 saturated carbocycles. The lowest BCUT2D eigenvalue weighted by Gasteiger charge is -2.32. The second-order valence-corrected chi connectivity index (χ2v) is 7.19. The van der Waals surface area contributed by atoms with Crippen LogP contribution in [0.3, 0.4) is 0 Å². The normalized spacial score (nSPS) is 23.2. The molecule has 2 aliphatic heterocycles. The molecule has 0 unspecified atom stereocenters. The zero-order valence-corrected chi connectivity index (χ0v) is 14.7. The van der Waals surface area contributed by atoms with Crippen molar-refractivity contribution >= 4 is 11.9 Å². The largest absolute Gasteiger partial charge is 0.355 e. The van der Waals surface area contributed by atoms with E-state index in [4.69, 9.17) is 0 Å². The summed E-state index contributed by atoms with van der Waals surface area (Å²) >= 11 is 0. The second-order valence-electron chi connectivity index (χ2n) is 7.19. The molecule has 2 saturated heterocycles. The number of nitrogens with one attached hydrogen (secondary N) is 1. The summed E-state index contributed by atoms with van der Waals surface area (Å²) in [5.74, 6) is 1.46. The van der Waals surface area contributed by atoms with Crippen molar-refractivity contribution in [3.63, 3.8) is 0 Å². The first kappa shape index (κ1) is 17.1. The number of rotatable bonds is 6. The molecule has 0 bridgehead atoms. The average Bonchev–Trinajstić information content (AvgIpc) is 3.13. The number of likely N-dealkylation sites (tertiary alicyclic amines) is 1. The standard InChI is InChI=1S/C18H29N5O/c1-15(13-22-9-2-3-10-22)12-21-17(24)16-6-4-11-23(14-16)18-19-7-5-8-20-18/h5,7-8,15-16H,2-4,6,9-14H2,1H3,(H,21,24)/t15-,16+/m0/s1. The molecule has 2 aliphatic rings. The van der Waals surface area contributed by atoms with Crippen LogP contribution in [0.1, 0.15) is 32.6 Å². The van der Waals surface area contributed by atoms with E-state index in [1.54, 1.807) is 12.4 Å². The number of anilines is 1. The van der Waals surface area contributed by atoms with Gasteiger partial charge in [0.05, 0.1) is 5.92 Å². The van der Waals surface area contributed by atoms with Crippen LogP contribution in [0.2, 0.25) is 0 Å². The summed E-state index contributed by atoms with van der Waals surface area (Å²) in [7, 11) is 0. The van der Waals surface area contributed by atoms with E-state index in [2.05, 4.69) is 32.0 Å². The van der Waals surface area contributed by atoms with Crippen LogP contribution >= 0.6 is 0 Å². The van der Waals surface area contributed by atoms with Gasteiger partial charge in [0.2, 0.25) is 11.9 Å². The van der Waals surface area contributed by atoms with Gasteiger partial charge in [0.1, 0.15) is 0 Å². The van der Waals surface area contributed by atoms with Gasteiger partial charge in [-0.05, 0) is 50.8 Å². The summed E-state index contributed by atoms with van der Waals surface area (Å²) < 4.78 is 0. The Morgan fingerprint density at radius 1 is 1.25 bits per heavy atom. The SMILES string of the molecule is C[C@@H](CNC(=O)[C@@H]1CCCN(c2ncccn2)C1)CN1CCCC1. The van der Waals surface area contributed by atoms with Crippen LogP contribution in [0.5, 0.6) is 0 Å². The Bertz CT molecular complexity index is 517. The summed E-state index contributed by atoms with van der Waals surface area (Å²) in [5.41, 5.74) is 0. The Hall–Kier alpha value is -1.69. The molecule has 3 heterocycles. The van der Waals surface area contributed by atoms with Gasteiger partial charge in [-0.25, -0.2) is 9.97 Å². The topological polar surface area (TPSA) is 61.4 Å². The van der Waals surface area contributed by atoms with E-state index in [0.717, 1.165) is 45.0 Å². The highest BCUT2D eigenvalue weighted by Crippen LogP contribution is 2.20. The van der Waals surface area contributed by atoms with E-state index >= 15 is 0 Å². The Morgan fingerprint density at radius 3 is 2.75 bits per heavy atom. The monoisotopic (exact) mass is 331 g/mol. The summed E-state index contributed by atoms with van der Waals surface area (Å²) in [6, 6.07) is 1.82. The number of piperidine rings is 1. The van der Waals surface area contributed by atoms with Gasteiger partial charge in [0, 0.05) is 38.6 Å². The molecule has 3 rings (SSSR count). The van der Waals surface area contributed by atoms with Crippen LogP contribution in [0, 0.1) is 11.8 Å². The van der Waals surface area contributed by atoms with E-state index in [0.29, 0.717) is 5.92 Å². The lowest BCUT2D eigenvalue weighted by Crippen LogP contribution is -2.45. The van der Waals surface area contributed by atoms with Crippen molar-refractivity contribution in [2.75, 3.05) is 44.2 Å². The Balaban J connectivity index is 1.44. The molecular formula is C18H29N5O. The summed E-state index contributed by atoms with van der Waals surface area (Å²) in [4.78, 5) is 25.8. The number of hydrogen-bond donors (Lipinski definition) is 1. The zero-order valence-electron chi connectivity index (χ0n) is 14.7. The fourth-order valence-corrected chi connectivity index (χ4v) is 3.72. The molecule has 0 aromatic carbocycles. The summed E-state index contributed by atoms with van der Waals surface area (Å²) in [6.07, 6.45) is 8.12. The van der Waals surface area contributed by atoms with Gasteiger partial charge in [0.25, 0.3) is 0 Å². The molecule has 24 heavy (non-hydrogen) atoms. The molecule has 6 nitrogen and oxygen atoms in total. The third-order valence-electron chi connectivity index (χ3n) is 5.02. The molecule has 1 aromatic heterocycles. The Labute approximate surface area is 144 Å². The average molecular weight is 331 g/mol. The Morgan fingerprint density at radius 2 is 2.00 bits per heavy atom. The predicted molar refractivity (Wildman–Crippen MR) is 94.8 cm³/mol. The molecule has 0 radical (unpaired) electrons. The summed E-state index contributed by atoms with van der Waals surface area (Å²) in [6.45, 7) is 8.17. The smallest absolute Gasteiger partial charge is 0.225 e.